The zero-order valence-corrected chi connectivity index (χ0v) is 12.2. The number of aryl methyl sites for hydroxylation is 2. The summed E-state index contributed by atoms with van der Waals surface area (Å²) in [6.45, 7) is 3.95. The first-order chi connectivity index (χ1) is 9.54. The molecule has 0 fully saturated rings. The summed E-state index contributed by atoms with van der Waals surface area (Å²) < 4.78 is 0. The third-order valence-electron chi connectivity index (χ3n) is 2.93. The van der Waals surface area contributed by atoms with E-state index in [0.717, 1.165) is 16.8 Å². The largest absolute Gasteiger partial charge is 0.322 e. The maximum atomic E-state index is 11.9. The lowest BCUT2D eigenvalue weighted by molar-refractivity contribution is -0.111. The number of nitrogens with one attached hydrogen (secondary N) is 1. The number of benzene rings is 2. The molecule has 0 aliphatic rings. The van der Waals surface area contributed by atoms with Crippen LogP contribution in [0, 0.1) is 13.8 Å². The molecule has 2 aromatic carbocycles. The molecule has 0 saturated heterocycles. The Morgan fingerprint density at radius 2 is 1.95 bits per heavy atom. The van der Waals surface area contributed by atoms with E-state index in [2.05, 4.69) is 5.32 Å². The summed E-state index contributed by atoms with van der Waals surface area (Å²) >= 11 is 5.92. The average molecular weight is 286 g/mol. The second kappa shape index (κ2) is 6.40. The minimum absolute atomic E-state index is 0.170. The van der Waals surface area contributed by atoms with Gasteiger partial charge in [0.2, 0.25) is 5.91 Å². The summed E-state index contributed by atoms with van der Waals surface area (Å²) in [6, 6.07) is 13.4. The van der Waals surface area contributed by atoms with E-state index in [1.54, 1.807) is 18.2 Å². The number of hydrogen-bond acceptors (Lipinski definition) is 1. The van der Waals surface area contributed by atoms with Gasteiger partial charge < -0.3 is 5.32 Å². The number of hydrogen-bond donors (Lipinski definition) is 1. The Kier molecular flexibility index (Phi) is 4.59. The van der Waals surface area contributed by atoms with Gasteiger partial charge in [-0.25, -0.2) is 0 Å². The van der Waals surface area contributed by atoms with Crippen molar-refractivity contribution in [3.8, 4) is 0 Å². The monoisotopic (exact) mass is 285 g/mol. The Balaban J connectivity index is 2.07. The van der Waals surface area contributed by atoms with Crippen molar-refractivity contribution < 1.29 is 4.79 Å². The topological polar surface area (TPSA) is 29.1 Å². The van der Waals surface area contributed by atoms with E-state index in [1.165, 1.54) is 11.6 Å². The number of amides is 1. The molecular weight excluding hydrogens is 270 g/mol. The third-order valence-corrected chi connectivity index (χ3v) is 3.16. The number of anilines is 1. The summed E-state index contributed by atoms with van der Waals surface area (Å²) in [5.74, 6) is -0.170. The molecule has 0 aromatic heterocycles. The summed E-state index contributed by atoms with van der Waals surface area (Å²) in [7, 11) is 0. The van der Waals surface area contributed by atoms with Crippen LogP contribution in [-0.4, -0.2) is 5.91 Å². The fourth-order valence-electron chi connectivity index (χ4n) is 1.85. The van der Waals surface area contributed by atoms with Crippen LogP contribution in [0.5, 0.6) is 0 Å². The van der Waals surface area contributed by atoms with Gasteiger partial charge in [0.05, 0.1) is 0 Å². The lowest BCUT2D eigenvalue weighted by Gasteiger charge is -2.06. The van der Waals surface area contributed by atoms with Gasteiger partial charge in [0.15, 0.2) is 0 Å². The zero-order valence-electron chi connectivity index (χ0n) is 11.5. The van der Waals surface area contributed by atoms with Crippen LogP contribution in [0.4, 0.5) is 5.69 Å². The van der Waals surface area contributed by atoms with Gasteiger partial charge in [0.25, 0.3) is 0 Å². The second-order valence-corrected chi connectivity index (χ2v) is 5.13. The predicted molar refractivity (Wildman–Crippen MR) is 85.0 cm³/mol. The highest BCUT2D eigenvalue weighted by Crippen LogP contribution is 2.20. The quantitative estimate of drug-likeness (QED) is 0.820. The van der Waals surface area contributed by atoms with Crippen molar-refractivity contribution in [2.75, 3.05) is 5.32 Å². The number of carbonyl (C=O) groups excluding carboxylic acids is 1. The summed E-state index contributed by atoms with van der Waals surface area (Å²) in [5.41, 5.74) is 3.88. The normalized spacial score (nSPS) is 10.8. The van der Waals surface area contributed by atoms with Crippen LogP contribution in [0.2, 0.25) is 5.02 Å². The molecule has 102 valence electrons. The Morgan fingerprint density at radius 1 is 1.15 bits per heavy atom. The SMILES string of the molecule is Cc1cccc(C=CC(=O)Nc2cc(Cl)ccc2C)c1. The lowest BCUT2D eigenvalue weighted by atomic mass is 10.1. The number of carbonyl (C=O) groups is 1. The van der Waals surface area contributed by atoms with Crippen molar-refractivity contribution in [1.82, 2.24) is 0 Å². The first-order valence-electron chi connectivity index (χ1n) is 6.36. The molecule has 0 saturated carbocycles. The number of rotatable bonds is 3. The van der Waals surface area contributed by atoms with E-state index in [0.29, 0.717) is 5.02 Å². The van der Waals surface area contributed by atoms with Gasteiger partial charge in [-0.2, -0.15) is 0 Å². The molecule has 0 aliphatic heterocycles. The Bertz CT molecular complexity index is 662. The molecule has 0 unspecified atom stereocenters. The van der Waals surface area contributed by atoms with E-state index in [1.807, 2.05) is 44.2 Å². The van der Waals surface area contributed by atoms with Crippen molar-refractivity contribution in [3.05, 3.63) is 70.3 Å². The van der Waals surface area contributed by atoms with Gasteiger partial charge in [0, 0.05) is 16.8 Å². The Labute approximate surface area is 124 Å². The van der Waals surface area contributed by atoms with Gasteiger partial charge in [-0.3, -0.25) is 4.79 Å². The molecule has 1 amide bonds. The molecule has 0 aliphatic carbocycles. The van der Waals surface area contributed by atoms with Crippen LogP contribution in [0.25, 0.3) is 6.08 Å². The van der Waals surface area contributed by atoms with Crippen LogP contribution in [0.1, 0.15) is 16.7 Å². The molecule has 2 nitrogen and oxygen atoms in total. The molecule has 20 heavy (non-hydrogen) atoms. The van der Waals surface area contributed by atoms with Crippen molar-refractivity contribution in [2.45, 2.75) is 13.8 Å². The fourth-order valence-corrected chi connectivity index (χ4v) is 2.02. The molecule has 0 heterocycles. The molecular formula is C17H16ClNO. The predicted octanol–water partition coefficient (Wildman–Crippen LogP) is 4.61. The smallest absolute Gasteiger partial charge is 0.248 e. The third kappa shape index (κ3) is 3.97. The van der Waals surface area contributed by atoms with E-state index in [4.69, 9.17) is 11.6 Å². The highest BCUT2D eigenvalue weighted by molar-refractivity contribution is 6.31. The fraction of sp³-hybridized carbons (Fsp3) is 0.118. The van der Waals surface area contributed by atoms with Gasteiger partial charge in [-0.05, 0) is 43.2 Å². The molecule has 2 rings (SSSR count). The van der Waals surface area contributed by atoms with E-state index < -0.39 is 0 Å². The minimum atomic E-state index is -0.170. The molecule has 2 aromatic rings. The highest BCUT2D eigenvalue weighted by Gasteiger charge is 2.02. The zero-order chi connectivity index (χ0) is 14.5. The lowest BCUT2D eigenvalue weighted by Crippen LogP contribution is -2.08. The standard InChI is InChI=1S/C17H16ClNO/c1-12-4-3-5-14(10-12)7-9-17(20)19-16-11-15(18)8-6-13(16)2/h3-11H,1-2H3,(H,19,20). The highest BCUT2D eigenvalue weighted by atomic mass is 35.5. The van der Waals surface area contributed by atoms with E-state index in [9.17, 15) is 4.79 Å². The van der Waals surface area contributed by atoms with Gasteiger partial charge in [-0.1, -0.05) is 47.5 Å². The number of halogens is 1. The van der Waals surface area contributed by atoms with Crippen molar-refractivity contribution >= 4 is 29.3 Å². The summed E-state index contributed by atoms with van der Waals surface area (Å²) in [4.78, 5) is 11.9. The van der Waals surface area contributed by atoms with Crippen LogP contribution >= 0.6 is 11.6 Å². The molecule has 0 atom stereocenters. The molecule has 0 spiro atoms. The first kappa shape index (κ1) is 14.4. The van der Waals surface area contributed by atoms with Crippen molar-refractivity contribution in [1.29, 1.82) is 0 Å². The van der Waals surface area contributed by atoms with Crippen LogP contribution in [0.15, 0.2) is 48.5 Å². The van der Waals surface area contributed by atoms with Crippen molar-refractivity contribution in [2.24, 2.45) is 0 Å². The van der Waals surface area contributed by atoms with Crippen molar-refractivity contribution in [3.63, 3.8) is 0 Å². The molecule has 0 bridgehead atoms. The molecule has 1 N–H and O–H groups in total. The van der Waals surface area contributed by atoms with Crippen LogP contribution in [0.3, 0.4) is 0 Å². The van der Waals surface area contributed by atoms with E-state index >= 15 is 0 Å². The first-order valence-corrected chi connectivity index (χ1v) is 6.74. The molecule has 0 radical (unpaired) electrons. The maximum Gasteiger partial charge on any atom is 0.248 e. The van der Waals surface area contributed by atoms with Crippen LogP contribution < -0.4 is 5.32 Å². The minimum Gasteiger partial charge on any atom is -0.322 e. The second-order valence-electron chi connectivity index (χ2n) is 4.70. The average Bonchev–Trinajstić information content (AvgIpc) is 2.41. The van der Waals surface area contributed by atoms with Gasteiger partial charge in [0.1, 0.15) is 0 Å². The van der Waals surface area contributed by atoms with Gasteiger partial charge in [-0.15, -0.1) is 0 Å². The van der Waals surface area contributed by atoms with Crippen LogP contribution in [-0.2, 0) is 4.79 Å². The van der Waals surface area contributed by atoms with Gasteiger partial charge >= 0.3 is 0 Å². The molecule has 3 heteroatoms. The summed E-state index contributed by atoms with van der Waals surface area (Å²) in [5, 5.41) is 3.43. The van der Waals surface area contributed by atoms with E-state index in [-0.39, 0.29) is 5.91 Å². The maximum absolute atomic E-state index is 11.9. The summed E-state index contributed by atoms with van der Waals surface area (Å²) in [6.07, 6.45) is 3.32. The Morgan fingerprint density at radius 3 is 2.70 bits per heavy atom. The Hall–Kier alpha value is -2.06.